The molecule has 0 saturated carbocycles. The van der Waals surface area contributed by atoms with Gasteiger partial charge in [0.2, 0.25) is 0 Å². The van der Waals surface area contributed by atoms with Crippen LogP contribution in [0.15, 0.2) is 6.20 Å². The average Bonchev–Trinajstić information content (AvgIpc) is 2.10. The Labute approximate surface area is 86.5 Å². The molecule has 0 bridgehead atoms. The molecule has 1 aromatic rings. The van der Waals surface area contributed by atoms with E-state index in [4.69, 9.17) is 5.11 Å². The van der Waals surface area contributed by atoms with Gasteiger partial charge >= 0.3 is 6.36 Å². The fraction of sp³-hybridized carbons (Fsp3) is 0.375. The standard InChI is InChI=1S/C8H6F5NO2/c1-3-5(7(9)10)14-2-4(15)6(3)16-8(11,12)13/h2,7,15H,1H3. The van der Waals surface area contributed by atoms with Gasteiger partial charge in [-0.2, -0.15) is 0 Å². The van der Waals surface area contributed by atoms with Crippen LogP contribution in [0.1, 0.15) is 17.7 Å². The fourth-order valence-corrected chi connectivity index (χ4v) is 1.06. The highest BCUT2D eigenvalue weighted by Gasteiger charge is 2.34. The number of alkyl halides is 5. The van der Waals surface area contributed by atoms with Gasteiger partial charge in [-0.05, 0) is 6.92 Å². The van der Waals surface area contributed by atoms with E-state index >= 15 is 0 Å². The lowest BCUT2D eigenvalue weighted by molar-refractivity contribution is -0.275. The molecular weight excluding hydrogens is 237 g/mol. The second-order valence-corrected chi connectivity index (χ2v) is 2.83. The van der Waals surface area contributed by atoms with Crippen molar-refractivity contribution in [2.45, 2.75) is 19.7 Å². The zero-order valence-electron chi connectivity index (χ0n) is 7.85. The molecule has 1 heterocycles. The van der Waals surface area contributed by atoms with Crippen LogP contribution in [0.5, 0.6) is 11.5 Å². The van der Waals surface area contributed by atoms with Crippen LogP contribution in [-0.2, 0) is 0 Å². The Balaban J connectivity index is 3.21. The maximum absolute atomic E-state index is 12.3. The van der Waals surface area contributed by atoms with Gasteiger partial charge in [0.25, 0.3) is 6.43 Å². The molecule has 0 spiro atoms. The first-order valence-corrected chi connectivity index (χ1v) is 3.94. The monoisotopic (exact) mass is 243 g/mol. The number of aromatic hydroxyl groups is 1. The molecule has 0 radical (unpaired) electrons. The van der Waals surface area contributed by atoms with Crippen LogP contribution < -0.4 is 4.74 Å². The van der Waals surface area contributed by atoms with E-state index in [0.717, 1.165) is 6.92 Å². The van der Waals surface area contributed by atoms with Gasteiger partial charge in [-0.3, -0.25) is 4.98 Å². The maximum Gasteiger partial charge on any atom is 0.573 e. The van der Waals surface area contributed by atoms with Crippen molar-refractivity contribution in [2.75, 3.05) is 0 Å². The Kier molecular flexibility index (Phi) is 3.20. The van der Waals surface area contributed by atoms with Gasteiger partial charge in [-0.25, -0.2) is 8.78 Å². The summed E-state index contributed by atoms with van der Waals surface area (Å²) in [6.07, 6.45) is -7.63. The van der Waals surface area contributed by atoms with Crippen molar-refractivity contribution in [1.82, 2.24) is 4.98 Å². The lowest BCUT2D eigenvalue weighted by atomic mass is 10.2. The Morgan fingerprint density at radius 1 is 1.38 bits per heavy atom. The molecule has 3 nitrogen and oxygen atoms in total. The highest BCUT2D eigenvalue weighted by atomic mass is 19.4. The summed E-state index contributed by atoms with van der Waals surface area (Å²) in [4.78, 5) is 3.12. The number of ether oxygens (including phenoxy) is 1. The molecule has 0 saturated heterocycles. The highest BCUT2D eigenvalue weighted by Crippen LogP contribution is 2.37. The van der Waals surface area contributed by atoms with Crippen molar-refractivity contribution in [3.8, 4) is 11.5 Å². The second kappa shape index (κ2) is 4.11. The Morgan fingerprint density at radius 3 is 2.38 bits per heavy atom. The lowest BCUT2D eigenvalue weighted by Crippen LogP contribution is -2.18. The van der Waals surface area contributed by atoms with Crippen LogP contribution in [0.4, 0.5) is 22.0 Å². The van der Waals surface area contributed by atoms with Crippen molar-refractivity contribution in [3.05, 3.63) is 17.5 Å². The van der Waals surface area contributed by atoms with Gasteiger partial charge in [0, 0.05) is 5.56 Å². The van der Waals surface area contributed by atoms with Gasteiger partial charge in [0.15, 0.2) is 11.5 Å². The van der Waals surface area contributed by atoms with Crippen molar-refractivity contribution in [3.63, 3.8) is 0 Å². The predicted molar refractivity (Wildman–Crippen MR) is 42.3 cm³/mol. The number of aromatic nitrogens is 1. The van der Waals surface area contributed by atoms with E-state index < -0.39 is 35.5 Å². The quantitative estimate of drug-likeness (QED) is 0.812. The van der Waals surface area contributed by atoms with Crippen molar-refractivity contribution in [2.24, 2.45) is 0 Å². The lowest BCUT2D eigenvalue weighted by Gasteiger charge is -2.14. The molecule has 0 aromatic carbocycles. The molecular formula is C8H6F5NO2. The molecule has 1 N–H and O–H groups in total. The van der Waals surface area contributed by atoms with E-state index in [0.29, 0.717) is 6.20 Å². The highest BCUT2D eigenvalue weighted by molar-refractivity contribution is 5.46. The molecule has 0 aliphatic heterocycles. The third-order valence-corrected chi connectivity index (χ3v) is 1.71. The third kappa shape index (κ3) is 2.71. The Bertz CT molecular complexity index is 391. The van der Waals surface area contributed by atoms with Crippen LogP contribution in [0.25, 0.3) is 0 Å². The van der Waals surface area contributed by atoms with Gasteiger partial charge in [-0.15, -0.1) is 13.2 Å². The van der Waals surface area contributed by atoms with Crippen molar-refractivity contribution >= 4 is 0 Å². The number of hydrogen-bond donors (Lipinski definition) is 1. The summed E-state index contributed by atoms with van der Waals surface area (Å²) in [6.45, 7) is 0.954. The summed E-state index contributed by atoms with van der Waals surface area (Å²) in [7, 11) is 0. The number of rotatable bonds is 2. The first kappa shape index (κ1) is 12.5. The smallest absolute Gasteiger partial charge is 0.503 e. The van der Waals surface area contributed by atoms with E-state index in [9.17, 15) is 22.0 Å². The maximum atomic E-state index is 12.3. The minimum Gasteiger partial charge on any atom is -0.503 e. The van der Waals surface area contributed by atoms with Gasteiger partial charge < -0.3 is 9.84 Å². The molecule has 1 rings (SSSR count). The molecule has 0 amide bonds. The first-order valence-electron chi connectivity index (χ1n) is 3.94. The van der Waals surface area contributed by atoms with Gasteiger partial charge in [0.05, 0.1) is 6.20 Å². The van der Waals surface area contributed by atoms with E-state index in [1.54, 1.807) is 0 Å². The number of nitrogens with zero attached hydrogens (tertiary/aromatic N) is 1. The molecule has 0 aliphatic rings. The molecule has 16 heavy (non-hydrogen) atoms. The zero-order chi connectivity index (χ0) is 12.5. The molecule has 0 atom stereocenters. The Morgan fingerprint density at radius 2 is 1.94 bits per heavy atom. The van der Waals surface area contributed by atoms with Crippen LogP contribution in [0, 0.1) is 6.92 Å². The van der Waals surface area contributed by atoms with Gasteiger partial charge in [0.1, 0.15) is 5.69 Å². The molecule has 90 valence electrons. The van der Waals surface area contributed by atoms with E-state index in [-0.39, 0.29) is 0 Å². The Hall–Kier alpha value is -1.60. The summed E-state index contributed by atoms with van der Waals surface area (Å²) >= 11 is 0. The summed E-state index contributed by atoms with van der Waals surface area (Å²) in [5, 5.41) is 9.03. The third-order valence-electron chi connectivity index (χ3n) is 1.71. The van der Waals surface area contributed by atoms with Crippen LogP contribution >= 0.6 is 0 Å². The molecule has 0 unspecified atom stereocenters. The summed E-state index contributed by atoms with van der Waals surface area (Å²) in [5.41, 5.74) is -1.41. The molecule has 0 fully saturated rings. The summed E-state index contributed by atoms with van der Waals surface area (Å²) < 4.78 is 63.7. The SMILES string of the molecule is Cc1c(C(F)F)ncc(O)c1OC(F)(F)F. The average molecular weight is 243 g/mol. The fourth-order valence-electron chi connectivity index (χ4n) is 1.06. The van der Waals surface area contributed by atoms with Crippen LogP contribution in [0.2, 0.25) is 0 Å². The minimum atomic E-state index is -5.07. The summed E-state index contributed by atoms with van der Waals surface area (Å²) in [6, 6.07) is 0. The van der Waals surface area contributed by atoms with Crippen LogP contribution in [0.3, 0.4) is 0 Å². The van der Waals surface area contributed by atoms with E-state index in [2.05, 4.69) is 9.72 Å². The zero-order valence-corrected chi connectivity index (χ0v) is 7.85. The van der Waals surface area contributed by atoms with E-state index in [1.165, 1.54) is 0 Å². The topological polar surface area (TPSA) is 42.4 Å². The normalized spacial score (nSPS) is 11.9. The largest absolute Gasteiger partial charge is 0.573 e. The first-order chi connectivity index (χ1) is 7.22. The second-order valence-electron chi connectivity index (χ2n) is 2.83. The van der Waals surface area contributed by atoms with Crippen molar-refractivity contribution in [1.29, 1.82) is 0 Å². The number of hydrogen-bond acceptors (Lipinski definition) is 3. The van der Waals surface area contributed by atoms with E-state index in [1.807, 2.05) is 0 Å². The van der Waals surface area contributed by atoms with Crippen LogP contribution in [-0.4, -0.2) is 16.5 Å². The molecule has 8 heteroatoms. The minimum absolute atomic E-state index is 0.482. The summed E-state index contributed by atoms with van der Waals surface area (Å²) in [5.74, 6) is -2.00. The van der Waals surface area contributed by atoms with Gasteiger partial charge in [-0.1, -0.05) is 0 Å². The number of halogens is 5. The number of pyridine rings is 1. The molecule has 0 aliphatic carbocycles. The molecule has 1 aromatic heterocycles. The van der Waals surface area contributed by atoms with Crippen molar-refractivity contribution < 1.29 is 31.8 Å². The predicted octanol–water partition coefficient (Wildman–Crippen LogP) is 2.93.